The third-order valence-corrected chi connectivity index (χ3v) is 3.59. The normalized spacial score (nSPS) is 10.7. The Kier molecular flexibility index (Phi) is 6.63. The number of nitrogens with two attached hydrogens (primary N) is 1. The summed E-state index contributed by atoms with van der Waals surface area (Å²) in [5, 5.41) is 0. The lowest BCUT2D eigenvalue weighted by molar-refractivity contribution is 0.0859. The standard InChI is InChI=1S/C11H15NO.C7H10N2S/c1-11(2,3)10(13)8-6-4-5-7-9(8)12;1-3-6-4-8-7(10)9-5(6)2/h4-7H,12H2,1-3H3;4H,3H2,1-2H3,(H,8,9,10). The van der Waals surface area contributed by atoms with Crippen LogP contribution in [0.15, 0.2) is 30.5 Å². The first-order valence-corrected chi connectivity index (χ1v) is 8.01. The van der Waals surface area contributed by atoms with Crippen molar-refractivity contribution in [2.45, 2.75) is 41.0 Å². The van der Waals surface area contributed by atoms with Crippen LogP contribution in [-0.2, 0) is 6.42 Å². The van der Waals surface area contributed by atoms with Crippen molar-refractivity contribution in [1.82, 2.24) is 9.97 Å². The van der Waals surface area contributed by atoms with Gasteiger partial charge in [0.25, 0.3) is 0 Å². The average Bonchev–Trinajstić information content (AvgIpc) is 2.47. The van der Waals surface area contributed by atoms with E-state index in [4.69, 9.17) is 18.0 Å². The maximum Gasteiger partial charge on any atom is 0.196 e. The van der Waals surface area contributed by atoms with E-state index in [1.54, 1.807) is 12.1 Å². The van der Waals surface area contributed by atoms with Crippen LogP contribution in [0.1, 0.15) is 49.3 Å². The maximum absolute atomic E-state index is 11.8. The number of carbonyl (C=O) groups excluding carboxylic acids is 1. The fourth-order valence-corrected chi connectivity index (χ4v) is 2.18. The summed E-state index contributed by atoms with van der Waals surface area (Å²) >= 11 is 4.84. The van der Waals surface area contributed by atoms with Gasteiger partial charge in [0.15, 0.2) is 10.6 Å². The van der Waals surface area contributed by atoms with E-state index in [2.05, 4.69) is 16.9 Å². The second-order valence-corrected chi connectivity index (χ2v) is 6.75. The third-order valence-electron chi connectivity index (χ3n) is 3.38. The number of benzene rings is 1. The summed E-state index contributed by atoms with van der Waals surface area (Å²) in [6.45, 7) is 9.78. The predicted octanol–water partition coefficient (Wildman–Crippen LogP) is 4.51. The highest BCUT2D eigenvalue weighted by atomic mass is 32.1. The Balaban J connectivity index is 0.000000238. The third kappa shape index (κ3) is 5.60. The first-order valence-electron chi connectivity index (χ1n) is 7.61. The van der Waals surface area contributed by atoms with E-state index in [1.165, 1.54) is 5.56 Å². The number of nitrogen functional groups attached to an aromatic ring is 1. The second kappa shape index (κ2) is 8.02. The van der Waals surface area contributed by atoms with Gasteiger partial charge in [0, 0.05) is 28.6 Å². The van der Waals surface area contributed by atoms with E-state index in [0.29, 0.717) is 16.0 Å². The number of aryl methyl sites for hydroxylation is 2. The highest BCUT2D eigenvalue weighted by Gasteiger charge is 2.23. The molecule has 1 aromatic heterocycles. The molecule has 0 aliphatic carbocycles. The van der Waals surface area contributed by atoms with Crippen molar-refractivity contribution in [3.63, 3.8) is 0 Å². The molecule has 0 saturated carbocycles. The molecule has 0 fully saturated rings. The van der Waals surface area contributed by atoms with Gasteiger partial charge in [0.2, 0.25) is 0 Å². The minimum atomic E-state index is -0.366. The molecule has 0 atom stereocenters. The number of nitrogens with one attached hydrogen (secondary N) is 1. The van der Waals surface area contributed by atoms with Crippen LogP contribution < -0.4 is 5.73 Å². The summed E-state index contributed by atoms with van der Waals surface area (Å²) in [6.07, 6.45) is 2.83. The summed E-state index contributed by atoms with van der Waals surface area (Å²) in [5.74, 6) is 0.0885. The topological polar surface area (TPSA) is 71.8 Å². The van der Waals surface area contributed by atoms with E-state index in [-0.39, 0.29) is 11.2 Å². The average molecular weight is 331 g/mol. The number of para-hydroxylation sites is 1. The molecule has 5 heteroatoms. The molecule has 0 unspecified atom stereocenters. The molecule has 124 valence electrons. The van der Waals surface area contributed by atoms with Crippen LogP contribution >= 0.6 is 12.2 Å². The summed E-state index contributed by atoms with van der Waals surface area (Å²) < 4.78 is 0.565. The quantitative estimate of drug-likeness (QED) is 0.482. The molecule has 0 spiro atoms. The SMILES string of the molecule is CC(C)(C)C(=O)c1ccccc1N.CCc1cnc(=S)[nH]c1C. The number of anilines is 1. The Bertz CT molecular complexity index is 730. The molecule has 0 bridgehead atoms. The number of hydrogen-bond donors (Lipinski definition) is 2. The molecule has 4 nitrogen and oxygen atoms in total. The highest BCUT2D eigenvalue weighted by Crippen LogP contribution is 2.23. The lowest BCUT2D eigenvalue weighted by atomic mass is 9.86. The first-order chi connectivity index (χ1) is 10.7. The van der Waals surface area contributed by atoms with Gasteiger partial charge in [-0.25, -0.2) is 4.98 Å². The number of ketones is 1. The van der Waals surface area contributed by atoms with E-state index >= 15 is 0 Å². The summed E-state index contributed by atoms with van der Waals surface area (Å²) in [6, 6.07) is 7.17. The van der Waals surface area contributed by atoms with Crippen molar-refractivity contribution in [3.8, 4) is 0 Å². The smallest absolute Gasteiger partial charge is 0.196 e. The number of aromatic amines is 1. The molecule has 1 heterocycles. The zero-order valence-electron chi connectivity index (χ0n) is 14.4. The Labute approximate surface area is 143 Å². The fraction of sp³-hybridized carbons (Fsp3) is 0.389. The Morgan fingerprint density at radius 2 is 1.91 bits per heavy atom. The molecule has 0 saturated heterocycles. The molecule has 2 aromatic rings. The molecule has 1 aromatic carbocycles. The van der Waals surface area contributed by atoms with Gasteiger partial charge in [0.1, 0.15) is 0 Å². The van der Waals surface area contributed by atoms with Crippen molar-refractivity contribution in [2.75, 3.05) is 5.73 Å². The van der Waals surface area contributed by atoms with Crippen LogP contribution in [0.25, 0.3) is 0 Å². The van der Waals surface area contributed by atoms with Gasteiger partial charge < -0.3 is 10.7 Å². The number of H-pyrrole nitrogens is 1. The van der Waals surface area contributed by atoms with Crippen LogP contribution in [0.4, 0.5) is 5.69 Å². The van der Waals surface area contributed by atoms with Gasteiger partial charge in [-0.1, -0.05) is 39.8 Å². The maximum atomic E-state index is 11.8. The summed E-state index contributed by atoms with van der Waals surface area (Å²) in [5.41, 5.74) is 8.87. The van der Waals surface area contributed by atoms with Crippen molar-refractivity contribution in [1.29, 1.82) is 0 Å². The lowest BCUT2D eigenvalue weighted by Gasteiger charge is -2.17. The van der Waals surface area contributed by atoms with Crippen molar-refractivity contribution in [2.24, 2.45) is 5.41 Å². The zero-order chi connectivity index (χ0) is 17.6. The monoisotopic (exact) mass is 331 g/mol. The van der Waals surface area contributed by atoms with Crippen LogP contribution in [-0.4, -0.2) is 15.8 Å². The molecule has 0 aliphatic heterocycles. The number of carbonyl (C=O) groups is 1. The lowest BCUT2D eigenvalue weighted by Crippen LogP contribution is -2.21. The Morgan fingerprint density at radius 3 is 2.39 bits per heavy atom. The number of aromatic nitrogens is 2. The van der Waals surface area contributed by atoms with Crippen LogP contribution in [0.3, 0.4) is 0 Å². The van der Waals surface area contributed by atoms with Gasteiger partial charge in [0.05, 0.1) is 0 Å². The van der Waals surface area contributed by atoms with E-state index in [1.807, 2.05) is 46.0 Å². The summed E-state index contributed by atoms with van der Waals surface area (Å²) in [4.78, 5) is 18.8. The predicted molar refractivity (Wildman–Crippen MR) is 98.2 cm³/mol. The van der Waals surface area contributed by atoms with Gasteiger partial charge in [-0.05, 0) is 43.3 Å². The van der Waals surface area contributed by atoms with Crippen LogP contribution in [0, 0.1) is 17.1 Å². The molecule has 0 aliphatic rings. The Hall–Kier alpha value is -2.01. The highest BCUT2D eigenvalue weighted by molar-refractivity contribution is 7.71. The summed E-state index contributed by atoms with van der Waals surface area (Å²) in [7, 11) is 0. The molecular formula is C18H25N3OS. The van der Waals surface area contributed by atoms with Gasteiger partial charge in [-0.15, -0.1) is 0 Å². The molecule has 3 N–H and O–H groups in total. The van der Waals surface area contributed by atoms with E-state index < -0.39 is 0 Å². The minimum Gasteiger partial charge on any atom is -0.398 e. The number of Topliss-reactive ketones (excluding diaryl/α,β-unsaturated/α-hetero) is 1. The molecule has 0 amide bonds. The zero-order valence-corrected chi connectivity index (χ0v) is 15.3. The van der Waals surface area contributed by atoms with Crippen LogP contribution in [0.5, 0.6) is 0 Å². The van der Waals surface area contributed by atoms with Crippen LogP contribution in [0.2, 0.25) is 0 Å². The largest absolute Gasteiger partial charge is 0.398 e. The van der Waals surface area contributed by atoms with Crippen molar-refractivity contribution < 1.29 is 4.79 Å². The number of hydrogen-bond acceptors (Lipinski definition) is 4. The number of nitrogens with zero attached hydrogens (tertiary/aromatic N) is 1. The number of rotatable bonds is 2. The Morgan fingerprint density at radius 1 is 1.30 bits per heavy atom. The minimum absolute atomic E-state index is 0.0885. The van der Waals surface area contributed by atoms with Gasteiger partial charge in [-0.3, -0.25) is 4.79 Å². The molecule has 0 radical (unpaired) electrons. The first kappa shape index (κ1) is 19.0. The molecular weight excluding hydrogens is 306 g/mol. The second-order valence-electron chi connectivity index (χ2n) is 6.36. The fourth-order valence-electron chi connectivity index (χ4n) is 1.97. The molecule has 2 rings (SSSR count). The van der Waals surface area contributed by atoms with Gasteiger partial charge >= 0.3 is 0 Å². The van der Waals surface area contributed by atoms with E-state index in [0.717, 1.165) is 12.1 Å². The van der Waals surface area contributed by atoms with Crippen molar-refractivity contribution >= 4 is 23.7 Å². The van der Waals surface area contributed by atoms with E-state index in [9.17, 15) is 4.79 Å². The van der Waals surface area contributed by atoms with Crippen molar-refractivity contribution in [3.05, 3.63) is 52.1 Å². The van der Waals surface area contributed by atoms with Gasteiger partial charge in [-0.2, -0.15) is 0 Å². The molecule has 23 heavy (non-hydrogen) atoms.